The normalized spacial score (nSPS) is 18.4. The van der Waals surface area contributed by atoms with E-state index >= 15 is 0 Å². The minimum atomic E-state index is -3.74. The van der Waals surface area contributed by atoms with Crippen molar-refractivity contribution in [1.82, 2.24) is 20.0 Å². The van der Waals surface area contributed by atoms with Crippen molar-refractivity contribution in [3.63, 3.8) is 0 Å². The van der Waals surface area contributed by atoms with Gasteiger partial charge in [0, 0.05) is 34.3 Å². The van der Waals surface area contributed by atoms with Crippen LogP contribution in [0.25, 0.3) is 22.2 Å². The van der Waals surface area contributed by atoms with Crippen molar-refractivity contribution in [2.45, 2.75) is 63.4 Å². The van der Waals surface area contributed by atoms with Crippen LogP contribution in [-0.4, -0.2) is 30.3 Å². The van der Waals surface area contributed by atoms with Crippen molar-refractivity contribution in [3.05, 3.63) is 89.5 Å². The predicted octanol–water partition coefficient (Wildman–Crippen LogP) is 5.77. The number of rotatable bonds is 7. The monoisotopic (exact) mass is 560 g/mol. The fourth-order valence-electron chi connectivity index (χ4n) is 5.34. The molecule has 9 heteroatoms. The lowest BCUT2D eigenvalue weighted by atomic mass is 9.85. The number of hydrogen-bond acceptors (Lipinski definition) is 5. The summed E-state index contributed by atoms with van der Waals surface area (Å²) in [6, 6.07) is 18.3. The molecular formula is C31H33FN4O3S. The number of aryl methyl sites for hydroxylation is 2. The Labute approximate surface area is 234 Å². The molecule has 1 amide bonds. The Morgan fingerprint density at radius 3 is 2.25 bits per heavy atom. The van der Waals surface area contributed by atoms with Gasteiger partial charge in [0.15, 0.2) is 0 Å². The molecule has 4 aromatic rings. The van der Waals surface area contributed by atoms with Crippen LogP contribution >= 0.6 is 0 Å². The summed E-state index contributed by atoms with van der Waals surface area (Å²) < 4.78 is 42.4. The van der Waals surface area contributed by atoms with Gasteiger partial charge in [-0.25, -0.2) is 22.5 Å². The Hall–Kier alpha value is -3.69. The highest BCUT2D eigenvalue weighted by Gasteiger charge is 2.30. The van der Waals surface area contributed by atoms with E-state index < -0.39 is 10.0 Å². The topological polar surface area (TPSA) is 101 Å². The van der Waals surface area contributed by atoms with Crippen LogP contribution < -0.4 is 10.0 Å². The quantitative estimate of drug-likeness (QED) is 0.299. The maximum absolute atomic E-state index is 13.2. The maximum Gasteiger partial charge on any atom is 0.240 e. The van der Waals surface area contributed by atoms with E-state index in [1.54, 1.807) is 30.3 Å². The van der Waals surface area contributed by atoms with Gasteiger partial charge in [0.05, 0.1) is 22.1 Å². The lowest BCUT2D eigenvalue weighted by Crippen LogP contribution is -2.41. The van der Waals surface area contributed by atoms with E-state index in [1.165, 1.54) is 12.1 Å². The number of pyridine rings is 2. The van der Waals surface area contributed by atoms with E-state index in [4.69, 9.17) is 4.98 Å². The van der Waals surface area contributed by atoms with Crippen LogP contribution in [0.2, 0.25) is 0 Å². The molecule has 1 aliphatic carbocycles. The minimum absolute atomic E-state index is 0.0587. The van der Waals surface area contributed by atoms with Crippen LogP contribution in [0.3, 0.4) is 0 Å². The highest BCUT2D eigenvalue weighted by Crippen LogP contribution is 2.28. The van der Waals surface area contributed by atoms with Crippen LogP contribution in [0.15, 0.2) is 71.6 Å². The lowest BCUT2D eigenvalue weighted by molar-refractivity contribution is -0.126. The first-order chi connectivity index (χ1) is 19.1. The number of aromatic nitrogens is 2. The molecule has 0 bridgehead atoms. The van der Waals surface area contributed by atoms with Gasteiger partial charge in [-0.3, -0.25) is 9.78 Å². The van der Waals surface area contributed by atoms with Gasteiger partial charge in [-0.05, 0) is 101 Å². The number of nitrogens with one attached hydrogen (secondary N) is 2. The van der Waals surface area contributed by atoms with E-state index in [1.807, 2.05) is 45.0 Å². The Bertz CT molecular complexity index is 1630. The Morgan fingerprint density at radius 1 is 0.900 bits per heavy atom. The highest BCUT2D eigenvalue weighted by atomic mass is 32.2. The molecule has 1 fully saturated rings. The second-order valence-electron chi connectivity index (χ2n) is 10.6. The molecule has 0 unspecified atom stereocenters. The molecule has 0 aliphatic heterocycles. The summed E-state index contributed by atoms with van der Waals surface area (Å²) >= 11 is 0. The van der Waals surface area contributed by atoms with Gasteiger partial charge in [-0.2, -0.15) is 0 Å². The SMILES string of the molecule is Cc1cc(-c2ccc3cc(S(=O)(=O)NC4CCC(C(=O)N[C@H](C)c5ccc(F)cc5)CC4)ccc3n2)cc(C)n1. The third-order valence-electron chi connectivity index (χ3n) is 7.50. The van der Waals surface area contributed by atoms with Crippen molar-refractivity contribution in [3.8, 4) is 11.3 Å². The maximum atomic E-state index is 13.2. The van der Waals surface area contributed by atoms with Gasteiger partial charge in [0.25, 0.3) is 0 Å². The lowest BCUT2D eigenvalue weighted by Gasteiger charge is -2.29. The summed E-state index contributed by atoms with van der Waals surface area (Å²) in [4.78, 5) is 22.1. The number of halogens is 1. The summed E-state index contributed by atoms with van der Waals surface area (Å²) in [6.07, 6.45) is 2.33. The van der Waals surface area contributed by atoms with Crippen LogP contribution in [0.1, 0.15) is 55.6 Å². The molecule has 208 valence electrons. The van der Waals surface area contributed by atoms with Crippen molar-refractivity contribution in [1.29, 1.82) is 0 Å². The number of hydrogen-bond donors (Lipinski definition) is 2. The number of carbonyl (C=O) groups is 1. The molecule has 0 spiro atoms. The summed E-state index contributed by atoms with van der Waals surface area (Å²) in [5, 5.41) is 3.74. The third-order valence-corrected chi connectivity index (χ3v) is 9.01. The first-order valence-corrected chi connectivity index (χ1v) is 15.0. The summed E-state index contributed by atoms with van der Waals surface area (Å²) in [5.74, 6) is -0.558. The zero-order valence-corrected chi connectivity index (χ0v) is 23.6. The van der Waals surface area contributed by atoms with Crippen molar-refractivity contribution in [2.24, 2.45) is 5.92 Å². The van der Waals surface area contributed by atoms with E-state index in [9.17, 15) is 17.6 Å². The standard InChI is InChI=1S/C31H33FN4O3S/c1-19-16-25(17-20(2)33-19)30-14-8-24-18-28(13-15-29(24)35-30)40(38,39)36-27-11-6-23(7-12-27)31(37)34-21(3)22-4-9-26(32)10-5-22/h4-5,8-10,13-18,21,23,27,36H,6-7,11-12H2,1-3H3,(H,34,37)/t21-,23?,27?/m1/s1. The van der Waals surface area contributed by atoms with Gasteiger partial charge in [0.2, 0.25) is 15.9 Å². The van der Waals surface area contributed by atoms with Crippen molar-refractivity contribution < 1.29 is 17.6 Å². The summed E-state index contributed by atoms with van der Waals surface area (Å²) in [5.41, 5.74) is 5.16. The molecule has 2 N–H and O–H groups in total. The number of sulfonamides is 1. The second kappa shape index (κ2) is 11.4. The molecule has 40 heavy (non-hydrogen) atoms. The summed E-state index contributed by atoms with van der Waals surface area (Å²) in [6.45, 7) is 5.75. The number of amides is 1. The number of nitrogens with zero attached hydrogens (tertiary/aromatic N) is 2. The molecule has 2 aromatic carbocycles. The molecular weight excluding hydrogens is 527 g/mol. The Balaban J connectivity index is 1.20. The molecule has 1 saturated carbocycles. The van der Waals surface area contributed by atoms with Crippen molar-refractivity contribution in [2.75, 3.05) is 0 Å². The predicted molar refractivity (Wildman–Crippen MR) is 153 cm³/mol. The van der Waals surface area contributed by atoms with Crippen LogP contribution in [-0.2, 0) is 14.8 Å². The van der Waals surface area contributed by atoms with Gasteiger partial charge in [-0.15, -0.1) is 0 Å². The molecule has 1 aliphatic rings. The van der Waals surface area contributed by atoms with Gasteiger partial charge >= 0.3 is 0 Å². The zero-order chi connectivity index (χ0) is 28.4. The molecule has 0 saturated heterocycles. The molecule has 1 atom stereocenters. The fraction of sp³-hybridized carbons (Fsp3) is 0.323. The number of benzene rings is 2. The molecule has 2 heterocycles. The number of fused-ring (bicyclic) bond motifs is 1. The van der Waals surface area contributed by atoms with Gasteiger partial charge in [0.1, 0.15) is 5.82 Å². The average molecular weight is 561 g/mol. The van der Waals surface area contributed by atoms with Crippen LogP contribution in [0.4, 0.5) is 4.39 Å². The second-order valence-corrected chi connectivity index (χ2v) is 12.4. The summed E-state index contributed by atoms with van der Waals surface area (Å²) in [7, 11) is -3.74. The van der Waals surface area contributed by atoms with Crippen LogP contribution in [0, 0.1) is 25.6 Å². The van der Waals surface area contributed by atoms with Crippen LogP contribution in [0.5, 0.6) is 0 Å². The third kappa shape index (κ3) is 6.37. The Morgan fingerprint density at radius 2 is 1.57 bits per heavy atom. The fourth-order valence-corrected chi connectivity index (χ4v) is 6.68. The molecule has 5 rings (SSSR count). The molecule has 0 radical (unpaired) electrons. The highest BCUT2D eigenvalue weighted by molar-refractivity contribution is 7.89. The molecule has 2 aromatic heterocycles. The van der Waals surface area contributed by atoms with E-state index in [0.29, 0.717) is 31.2 Å². The minimum Gasteiger partial charge on any atom is -0.349 e. The van der Waals surface area contributed by atoms with E-state index in [-0.39, 0.29) is 34.6 Å². The molecule has 7 nitrogen and oxygen atoms in total. The average Bonchev–Trinajstić information content (AvgIpc) is 2.92. The van der Waals surface area contributed by atoms with Gasteiger partial charge < -0.3 is 5.32 Å². The van der Waals surface area contributed by atoms with Gasteiger partial charge in [-0.1, -0.05) is 18.2 Å². The zero-order valence-electron chi connectivity index (χ0n) is 22.8. The first kappa shape index (κ1) is 27.9. The largest absolute Gasteiger partial charge is 0.349 e. The smallest absolute Gasteiger partial charge is 0.240 e. The first-order valence-electron chi connectivity index (χ1n) is 13.5. The van der Waals surface area contributed by atoms with E-state index in [2.05, 4.69) is 15.0 Å². The van der Waals surface area contributed by atoms with Crippen molar-refractivity contribution >= 4 is 26.8 Å². The van der Waals surface area contributed by atoms with E-state index in [0.717, 1.165) is 33.6 Å². The number of carbonyl (C=O) groups excluding carboxylic acids is 1. The Kier molecular flexibility index (Phi) is 7.96.